The molecule has 22 heavy (non-hydrogen) atoms. The smallest absolute Gasteiger partial charge is 0.252 e. The van der Waals surface area contributed by atoms with Crippen LogP contribution in [0.15, 0.2) is 30.3 Å². The van der Waals surface area contributed by atoms with E-state index in [4.69, 9.17) is 4.98 Å². The average Bonchev–Trinajstić information content (AvgIpc) is 2.54. The number of fused-ring (bicyclic) bond motifs is 1. The molecule has 0 radical (unpaired) electrons. The summed E-state index contributed by atoms with van der Waals surface area (Å²) < 4.78 is 0. The van der Waals surface area contributed by atoms with Crippen LogP contribution in [0.25, 0.3) is 10.9 Å². The summed E-state index contributed by atoms with van der Waals surface area (Å²) in [4.78, 5) is 17.4. The van der Waals surface area contributed by atoms with Crippen LogP contribution < -0.4 is 5.32 Å². The second kappa shape index (κ2) is 6.47. The molecule has 1 aliphatic carbocycles. The first kappa shape index (κ1) is 15.0. The van der Waals surface area contributed by atoms with E-state index in [0.29, 0.717) is 5.92 Å². The minimum atomic E-state index is 0.00524. The molecule has 1 aromatic heterocycles. The van der Waals surface area contributed by atoms with Crippen molar-refractivity contribution in [3.05, 3.63) is 41.6 Å². The number of benzene rings is 1. The molecule has 0 unspecified atom stereocenters. The molecule has 1 aliphatic rings. The third kappa shape index (κ3) is 3.13. The minimum absolute atomic E-state index is 0.00524. The Labute approximate surface area is 132 Å². The summed E-state index contributed by atoms with van der Waals surface area (Å²) in [5.41, 5.74) is 2.78. The summed E-state index contributed by atoms with van der Waals surface area (Å²) in [6.07, 6.45) is 6.25. The van der Waals surface area contributed by atoms with Gasteiger partial charge in [0.05, 0.1) is 11.1 Å². The Balaban J connectivity index is 2.05. The van der Waals surface area contributed by atoms with Crippen molar-refractivity contribution in [2.45, 2.75) is 57.9 Å². The highest BCUT2D eigenvalue weighted by Crippen LogP contribution is 2.33. The van der Waals surface area contributed by atoms with Crippen molar-refractivity contribution in [1.29, 1.82) is 0 Å². The number of para-hydroxylation sites is 1. The molecule has 3 rings (SSSR count). The molecule has 3 nitrogen and oxygen atoms in total. The van der Waals surface area contributed by atoms with Gasteiger partial charge in [0.1, 0.15) is 0 Å². The molecule has 0 bridgehead atoms. The predicted octanol–water partition coefficient (Wildman–Crippen LogP) is 4.42. The van der Waals surface area contributed by atoms with Gasteiger partial charge >= 0.3 is 0 Å². The van der Waals surface area contributed by atoms with Gasteiger partial charge in [-0.3, -0.25) is 9.78 Å². The Morgan fingerprint density at radius 3 is 2.64 bits per heavy atom. The molecule has 0 atom stereocenters. The first-order valence-electron chi connectivity index (χ1n) is 8.35. The van der Waals surface area contributed by atoms with E-state index in [9.17, 15) is 4.79 Å². The van der Waals surface area contributed by atoms with Gasteiger partial charge in [0, 0.05) is 23.0 Å². The Morgan fingerprint density at radius 1 is 1.18 bits per heavy atom. The second-order valence-corrected chi connectivity index (χ2v) is 6.57. The molecule has 1 saturated carbocycles. The van der Waals surface area contributed by atoms with Gasteiger partial charge in [-0.15, -0.1) is 0 Å². The van der Waals surface area contributed by atoms with Crippen molar-refractivity contribution in [2.75, 3.05) is 0 Å². The minimum Gasteiger partial charge on any atom is -0.350 e. The SMILES string of the molecule is CC(C)NC(=O)c1cc(C2CCCCC2)nc2ccccc12. The predicted molar refractivity (Wildman–Crippen MR) is 90.2 cm³/mol. The summed E-state index contributed by atoms with van der Waals surface area (Å²) in [6.45, 7) is 3.98. The van der Waals surface area contributed by atoms with Gasteiger partial charge in [0.25, 0.3) is 5.91 Å². The lowest BCUT2D eigenvalue weighted by Gasteiger charge is -2.22. The van der Waals surface area contributed by atoms with Crippen molar-refractivity contribution in [2.24, 2.45) is 0 Å². The lowest BCUT2D eigenvalue weighted by Crippen LogP contribution is -2.30. The number of hydrogen-bond donors (Lipinski definition) is 1. The molecule has 116 valence electrons. The second-order valence-electron chi connectivity index (χ2n) is 6.57. The fraction of sp³-hybridized carbons (Fsp3) is 0.474. The van der Waals surface area contributed by atoms with E-state index < -0.39 is 0 Å². The van der Waals surface area contributed by atoms with Crippen LogP contribution in [0.5, 0.6) is 0 Å². The quantitative estimate of drug-likeness (QED) is 0.911. The number of carbonyl (C=O) groups is 1. The number of nitrogens with zero attached hydrogens (tertiary/aromatic N) is 1. The number of aromatic nitrogens is 1. The zero-order valence-corrected chi connectivity index (χ0v) is 13.4. The maximum Gasteiger partial charge on any atom is 0.252 e. The molecule has 0 spiro atoms. The molecule has 0 saturated heterocycles. The number of carbonyl (C=O) groups excluding carboxylic acids is 1. The Kier molecular flexibility index (Phi) is 4.41. The van der Waals surface area contributed by atoms with Crippen LogP contribution in [-0.2, 0) is 0 Å². The Bertz CT molecular complexity index is 672. The molecular formula is C19H24N2O. The highest BCUT2D eigenvalue weighted by molar-refractivity contribution is 6.06. The molecule has 1 amide bonds. The number of amides is 1. The van der Waals surface area contributed by atoms with Crippen LogP contribution in [0.1, 0.15) is 67.9 Å². The van der Waals surface area contributed by atoms with E-state index in [1.54, 1.807) is 0 Å². The summed E-state index contributed by atoms with van der Waals surface area (Å²) >= 11 is 0. The summed E-state index contributed by atoms with van der Waals surface area (Å²) in [7, 11) is 0. The maximum absolute atomic E-state index is 12.6. The van der Waals surface area contributed by atoms with Gasteiger partial charge in [-0.25, -0.2) is 0 Å². The van der Waals surface area contributed by atoms with Gasteiger partial charge in [0.2, 0.25) is 0 Å². The third-order valence-electron chi connectivity index (χ3n) is 4.42. The van der Waals surface area contributed by atoms with Crippen molar-refractivity contribution < 1.29 is 4.79 Å². The van der Waals surface area contributed by atoms with Crippen LogP contribution in [0.3, 0.4) is 0 Å². The first-order chi connectivity index (χ1) is 10.6. The van der Waals surface area contributed by atoms with Crippen molar-refractivity contribution >= 4 is 16.8 Å². The van der Waals surface area contributed by atoms with Crippen LogP contribution in [0.4, 0.5) is 0 Å². The first-order valence-corrected chi connectivity index (χ1v) is 8.35. The van der Waals surface area contributed by atoms with E-state index in [0.717, 1.165) is 22.2 Å². The van der Waals surface area contributed by atoms with E-state index in [1.165, 1.54) is 32.1 Å². The lowest BCUT2D eigenvalue weighted by atomic mass is 9.86. The van der Waals surface area contributed by atoms with Gasteiger partial charge < -0.3 is 5.32 Å². The molecular weight excluding hydrogens is 272 g/mol. The van der Waals surface area contributed by atoms with E-state index in [-0.39, 0.29) is 11.9 Å². The zero-order valence-electron chi connectivity index (χ0n) is 13.4. The molecule has 2 aromatic rings. The molecule has 0 aliphatic heterocycles. The zero-order chi connectivity index (χ0) is 15.5. The number of nitrogens with one attached hydrogen (secondary N) is 1. The van der Waals surface area contributed by atoms with Crippen molar-refractivity contribution in [1.82, 2.24) is 10.3 Å². The molecule has 1 fully saturated rings. The third-order valence-corrected chi connectivity index (χ3v) is 4.42. The van der Waals surface area contributed by atoms with Gasteiger partial charge in [-0.1, -0.05) is 37.5 Å². The van der Waals surface area contributed by atoms with Gasteiger partial charge in [-0.05, 0) is 38.8 Å². The highest BCUT2D eigenvalue weighted by Gasteiger charge is 2.20. The Morgan fingerprint density at radius 2 is 1.91 bits per heavy atom. The van der Waals surface area contributed by atoms with Crippen LogP contribution in [0, 0.1) is 0 Å². The standard InChI is InChI=1S/C19H24N2O/c1-13(2)20-19(22)16-12-18(14-8-4-3-5-9-14)21-17-11-7-6-10-15(16)17/h6-7,10-14H,3-5,8-9H2,1-2H3,(H,20,22). The largest absolute Gasteiger partial charge is 0.350 e. The fourth-order valence-electron chi connectivity index (χ4n) is 3.33. The van der Waals surface area contributed by atoms with Crippen LogP contribution >= 0.6 is 0 Å². The maximum atomic E-state index is 12.6. The fourth-order valence-corrected chi connectivity index (χ4v) is 3.33. The van der Waals surface area contributed by atoms with Gasteiger partial charge in [0.15, 0.2) is 0 Å². The summed E-state index contributed by atoms with van der Waals surface area (Å²) in [5, 5.41) is 3.96. The van der Waals surface area contributed by atoms with Crippen LogP contribution in [-0.4, -0.2) is 16.9 Å². The summed E-state index contributed by atoms with van der Waals surface area (Å²) in [6, 6.07) is 10.1. The Hall–Kier alpha value is -1.90. The summed E-state index contributed by atoms with van der Waals surface area (Å²) in [5.74, 6) is 0.509. The molecule has 1 N–H and O–H groups in total. The van der Waals surface area contributed by atoms with Crippen LogP contribution in [0.2, 0.25) is 0 Å². The van der Waals surface area contributed by atoms with E-state index >= 15 is 0 Å². The number of hydrogen-bond acceptors (Lipinski definition) is 2. The molecule has 3 heteroatoms. The number of pyridine rings is 1. The average molecular weight is 296 g/mol. The molecule has 1 aromatic carbocycles. The highest BCUT2D eigenvalue weighted by atomic mass is 16.1. The van der Waals surface area contributed by atoms with E-state index in [2.05, 4.69) is 5.32 Å². The van der Waals surface area contributed by atoms with Gasteiger partial charge in [-0.2, -0.15) is 0 Å². The normalized spacial score (nSPS) is 16.1. The molecule has 1 heterocycles. The topological polar surface area (TPSA) is 42.0 Å². The number of rotatable bonds is 3. The monoisotopic (exact) mass is 296 g/mol. The van der Waals surface area contributed by atoms with Crippen molar-refractivity contribution in [3.63, 3.8) is 0 Å². The lowest BCUT2D eigenvalue weighted by molar-refractivity contribution is 0.0944. The van der Waals surface area contributed by atoms with Crippen molar-refractivity contribution in [3.8, 4) is 0 Å². The van der Waals surface area contributed by atoms with E-state index in [1.807, 2.05) is 44.2 Å².